The van der Waals surface area contributed by atoms with E-state index in [1.807, 2.05) is 19.1 Å². The molecule has 0 spiro atoms. The van der Waals surface area contributed by atoms with Crippen molar-refractivity contribution in [3.05, 3.63) is 70.9 Å². The third-order valence-electron chi connectivity index (χ3n) is 3.83. The molecular formula is C19H15F2N3O3. The molecule has 0 saturated heterocycles. The van der Waals surface area contributed by atoms with Crippen molar-refractivity contribution in [2.24, 2.45) is 0 Å². The van der Waals surface area contributed by atoms with Crippen LogP contribution in [0.1, 0.15) is 21.6 Å². The zero-order valence-electron chi connectivity index (χ0n) is 14.2. The Kier molecular flexibility index (Phi) is 4.98. The number of hydrogen-bond acceptors (Lipinski definition) is 5. The summed E-state index contributed by atoms with van der Waals surface area (Å²) in [6, 6.07) is 10.3. The van der Waals surface area contributed by atoms with Crippen LogP contribution in [0.5, 0.6) is 11.6 Å². The fraction of sp³-hybridized carbons (Fsp3) is 0.105. The van der Waals surface area contributed by atoms with E-state index in [2.05, 4.69) is 15.3 Å². The number of hydrogen-bond donors (Lipinski definition) is 3. The van der Waals surface area contributed by atoms with Crippen LogP contribution in [-0.4, -0.2) is 26.1 Å². The van der Waals surface area contributed by atoms with E-state index in [4.69, 9.17) is 0 Å². The van der Waals surface area contributed by atoms with Crippen molar-refractivity contribution in [1.82, 2.24) is 15.3 Å². The van der Waals surface area contributed by atoms with Gasteiger partial charge in [0.05, 0.1) is 0 Å². The molecule has 0 radical (unpaired) electrons. The average molecular weight is 371 g/mol. The Bertz CT molecular complexity index is 1010. The summed E-state index contributed by atoms with van der Waals surface area (Å²) in [6.45, 7) is 1.77. The molecule has 0 atom stereocenters. The highest BCUT2D eigenvalue weighted by Gasteiger charge is 2.20. The van der Waals surface area contributed by atoms with Gasteiger partial charge in [-0.15, -0.1) is 0 Å². The summed E-state index contributed by atoms with van der Waals surface area (Å²) >= 11 is 0. The Morgan fingerprint density at radius 2 is 1.74 bits per heavy atom. The van der Waals surface area contributed by atoms with Gasteiger partial charge in [-0.1, -0.05) is 35.9 Å². The minimum Gasteiger partial charge on any atom is -0.501 e. The Morgan fingerprint density at radius 3 is 2.41 bits per heavy atom. The lowest BCUT2D eigenvalue weighted by molar-refractivity contribution is 0.0941. The van der Waals surface area contributed by atoms with Crippen molar-refractivity contribution in [2.75, 3.05) is 0 Å². The number of nitrogens with zero attached hydrogens (tertiary/aromatic N) is 2. The van der Waals surface area contributed by atoms with E-state index in [1.54, 1.807) is 12.1 Å². The smallest absolute Gasteiger partial charge is 0.274 e. The lowest BCUT2D eigenvalue weighted by Crippen LogP contribution is -2.24. The van der Waals surface area contributed by atoms with Gasteiger partial charge < -0.3 is 15.5 Å². The van der Waals surface area contributed by atoms with Crippen LogP contribution in [0.25, 0.3) is 11.4 Å². The van der Waals surface area contributed by atoms with Gasteiger partial charge in [-0.05, 0) is 24.6 Å². The predicted molar refractivity (Wildman–Crippen MR) is 93.1 cm³/mol. The van der Waals surface area contributed by atoms with Crippen LogP contribution < -0.4 is 5.32 Å². The molecule has 1 aromatic heterocycles. The lowest BCUT2D eigenvalue weighted by Gasteiger charge is -2.09. The van der Waals surface area contributed by atoms with E-state index in [1.165, 1.54) is 6.07 Å². The average Bonchev–Trinajstić information content (AvgIpc) is 2.65. The summed E-state index contributed by atoms with van der Waals surface area (Å²) < 4.78 is 26.2. The number of amides is 1. The van der Waals surface area contributed by atoms with E-state index in [-0.39, 0.29) is 12.4 Å². The molecule has 3 aromatic rings. The van der Waals surface area contributed by atoms with Gasteiger partial charge in [0.2, 0.25) is 5.75 Å². The van der Waals surface area contributed by atoms with Gasteiger partial charge in [-0.2, -0.15) is 4.98 Å². The predicted octanol–water partition coefficient (Wildman–Crippen LogP) is 3.07. The van der Waals surface area contributed by atoms with Gasteiger partial charge in [0.25, 0.3) is 11.8 Å². The number of aromatic hydroxyl groups is 2. The first-order valence-corrected chi connectivity index (χ1v) is 7.94. The molecule has 3 N–H and O–H groups in total. The van der Waals surface area contributed by atoms with E-state index < -0.39 is 34.9 Å². The number of carbonyl (C=O) groups is 1. The second-order valence-electron chi connectivity index (χ2n) is 5.87. The van der Waals surface area contributed by atoms with Crippen molar-refractivity contribution in [2.45, 2.75) is 13.5 Å². The Labute approximate surface area is 153 Å². The number of halogens is 2. The van der Waals surface area contributed by atoms with E-state index in [0.717, 1.165) is 17.7 Å². The topological polar surface area (TPSA) is 95.3 Å². The maximum absolute atomic E-state index is 13.2. The highest BCUT2D eigenvalue weighted by molar-refractivity contribution is 5.95. The fourth-order valence-corrected chi connectivity index (χ4v) is 2.35. The van der Waals surface area contributed by atoms with Gasteiger partial charge in [-0.25, -0.2) is 13.8 Å². The minimum absolute atomic E-state index is 0.0586. The lowest BCUT2D eigenvalue weighted by atomic mass is 10.1. The number of benzene rings is 2. The molecule has 0 saturated carbocycles. The SMILES string of the molecule is Cc1ccc(-c2nc(O)c(O)c(C(=O)NCc3ccc(F)c(F)c3)n2)cc1. The molecule has 0 fully saturated rings. The largest absolute Gasteiger partial charge is 0.501 e. The molecule has 0 aliphatic rings. The molecule has 138 valence electrons. The summed E-state index contributed by atoms with van der Waals surface area (Å²) in [5, 5.41) is 22.2. The van der Waals surface area contributed by atoms with Crippen molar-refractivity contribution < 1.29 is 23.8 Å². The van der Waals surface area contributed by atoms with Crippen LogP contribution in [0.4, 0.5) is 8.78 Å². The van der Waals surface area contributed by atoms with Crippen molar-refractivity contribution in [1.29, 1.82) is 0 Å². The summed E-state index contributed by atoms with van der Waals surface area (Å²) in [7, 11) is 0. The molecule has 3 rings (SSSR count). The molecule has 0 unspecified atom stereocenters. The van der Waals surface area contributed by atoms with Crippen LogP contribution in [0, 0.1) is 18.6 Å². The quantitative estimate of drug-likeness (QED) is 0.655. The maximum atomic E-state index is 13.2. The first-order valence-electron chi connectivity index (χ1n) is 7.94. The number of nitrogens with one attached hydrogen (secondary N) is 1. The van der Waals surface area contributed by atoms with Gasteiger partial charge in [-0.3, -0.25) is 4.79 Å². The molecule has 27 heavy (non-hydrogen) atoms. The van der Waals surface area contributed by atoms with Gasteiger partial charge in [0.15, 0.2) is 23.2 Å². The third-order valence-corrected chi connectivity index (χ3v) is 3.83. The first-order chi connectivity index (χ1) is 12.8. The van der Waals surface area contributed by atoms with Crippen LogP contribution >= 0.6 is 0 Å². The van der Waals surface area contributed by atoms with Gasteiger partial charge >= 0.3 is 0 Å². The zero-order chi connectivity index (χ0) is 19.6. The van der Waals surface area contributed by atoms with Gasteiger partial charge in [0.1, 0.15) is 0 Å². The number of rotatable bonds is 4. The highest BCUT2D eigenvalue weighted by Crippen LogP contribution is 2.28. The molecular weight excluding hydrogens is 356 g/mol. The van der Waals surface area contributed by atoms with Crippen LogP contribution in [-0.2, 0) is 6.54 Å². The Hall–Kier alpha value is -3.55. The van der Waals surface area contributed by atoms with E-state index in [9.17, 15) is 23.8 Å². The molecule has 1 heterocycles. The fourth-order valence-electron chi connectivity index (χ4n) is 2.35. The molecule has 0 aliphatic carbocycles. The first kappa shape index (κ1) is 18.2. The monoisotopic (exact) mass is 371 g/mol. The van der Waals surface area contributed by atoms with Crippen molar-refractivity contribution >= 4 is 5.91 Å². The van der Waals surface area contributed by atoms with Crippen LogP contribution in [0.3, 0.4) is 0 Å². The second kappa shape index (κ2) is 7.36. The van der Waals surface area contributed by atoms with Crippen LogP contribution in [0.15, 0.2) is 42.5 Å². The summed E-state index contributed by atoms with van der Waals surface area (Å²) in [4.78, 5) is 20.1. The molecule has 1 amide bonds. The maximum Gasteiger partial charge on any atom is 0.274 e. The van der Waals surface area contributed by atoms with Gasteiger partial charge in [0, 0.05) is 12.1 Å². The van der Waals surface area contributed by atoms with Crippen molar-refractivity contribution in [3.8, 4) is 23.0 Å². The van der Waals surface area contributed by atoms with Crippen molar-refractivity contribution in [3.63, 3.8) is 0 Å². The number of aromatic nitrogens is 2. The summed E-state index contributed by atoms with van der Waals surface area (Å²) in [6.07, 6.45) is 0. The summed E-state index contributed by atoms with van der Waals surface area (Å²) in [5.74, 6) is -4.28. The second-order valence-corrected chi connectivity index (χ2v) is 5.87. The third kappa shape index (κ3) is 4.00. The molecule has 0 aliphatic heterocycles. The van der Waals surface area contributed by atoms with E-state index in [0.29, 0.717) is 11.1 Å². The Balaban J connectivity index is 1.85. The normalized spacial score (nSPS) is 10.6. The summed E-state index contributed by atoms with van der Waals surface area (Å²) in [5.41, 5.74) is 1.44. The number of aryl methyl sites for hydroxylation is 1. The van der Waals surface area contributed by atoms with Crippen LogP contribution in [0.2, 0.25) is 0 Å². The minimum atomic E-state index is -1.04. The standard InChI is InChI=1S/C19H15F2N3O3/c1-10-2-5-12(6-3-10)17-23-15(16(25)19(27)24-17)18(26)22-9-11-4-7-13(20)14(21)8-11/h2-8,25H,9H2,1H3,(H,22,26)(H,23,24,27). The molecule has 2 aromatic carbocycles. The van der Waals surface area contributed by atoms with E-state index >= 15 is 0 Å². The number of carbonyl (C=O) groups excluding carboxylic acids is 1. The Morgan fingerprint density at radius 1 is 1.04 bits per heavy atom. The zero-order valence-corrected chi connectivity index (χ0v) is 14.2. The molecule has 8 heteroatoms. The molecule has 6 nitrogen and oxygen atoms in total. The molecule has 0 bridgehead atoms. The highest BCUT2D eigenvalue weighted by atomic mass is 19.2.